The van der Waals surface area contributed by atoms with Gasteiger partial charge in [-0.3, -0.25) is 0 Å². The standard InChI is InChI=1S/C14H17N3O2/c1-9-2-3-11-12(9)13(16-8-15-11)10-4-6-17(7-5-10)14(18)19/h4,8-9H,2-3,5-7H2,1H3,(H,18,19)/t9-/m1/s1. The van der Waals surface area contributed by atoms with E-state index in [0.29, 0.717) is 19.0 Å². The van der Waals surface area contributed by atoms with Crippen LogP contribution in [-0.2, 0) is 6.42 Å². The van der Waals surface area contributed by atoms with E-state index < -0.39 is 6.09 Å². The van der Waals surface area contributed by atoms with Crippen LogP contribution in [0.3, 0.4) is 0 Å². The summed E-state index contributed by atoms with van der Waals surface area (Å²) in [6, 6.07) is 0. The number of aryl methyl sites for hydroxylation is 1. The first-order chi connectivity index (χ1) is 9.16. The maximum Gasteiger partial charge on any atom is 0.407 e. The number of rotatable bonds is 1. The van der Waals surface area contributed by atoms with Gasteiger partial charge in [-0.2, -0.15) is 0 Å². The minimum absolute atomic E-state index is 0.456. The molecule has 5 heteroatoms. The van der Waals surface area contributed by atoms with E-state index in [-0.39, 0.29) is 0 Å². The van der Waals surface area contributed by atoms with E-state index in [2.05, 4.69) is 16.9 Å². The Kier molecular flexibility index (Phi) is 2.97. The average Bonchev–Trinajstić information content (AvgIpc) is 2.81. The van der Waals surface area contributed by atoms with Crippen molar-refractivity contribution in [3.05, 3.63) is 29.4 Å². The summed E-state index contributed by atoms with van der Waals surface area (Å²) in [5.74, 6) is 0.504. The fraction of sp³-hybridized carbons (Fsp3) is 0.500. The Morgan fingerprint density at radius 3 is 2.95 bits per heavy atom. The Bertz CT molecular complexity index is 554. The molecule has 0 aromatic carbocycles. The first kappa shape index (κ1) is 12.1. The minimum atomic E-state index is -0.850. The first-order valence-electron chi connectivity index (χ1n) is 6.68. The molecule has 0 radical (unpaired) electrons. The predicted molar refractivity (Wildman–Crippen MR) is 71.0 cm³/mol. The lowest BCUT2D eigenvalue weighted by atomic mass is 9.95. The van der Waals surface area contributed by atoms with E-state index in [9.17, 15) is 4.79 Å². The predicted octanol–water partition coefficient (Wildman–Crippen LogP) is 2.29. The Hall–Kier alpha value is -1.91. The molecule has 19 heavy (non-hydrogen) atoms. The number of hydrogen-bond donors (Lipinski definition) is 1. The van der Waals surface area contributed by atoms with Crippen LogP contribution in [0, 0.1) is 0 Å². The lowest BCUT2D eigenvalue weighted by molar-refractivity contribution is 0.150. The average molecular weight is 259 g/mol. The van der Waals surface area contributed by atoms with Gasteiger partial charge in [0.15, 0.2) is 0 Å². The normalized spacial score (nSPS) is 22.1. The second-order valence-corrected chi connectivity index (χ2v) is 5.23. The number of fused-ring (bicyclic) bond motifs is 1. The van der Waals surface area contributed by atoms with Crippen LogP contribution in [0.5, 0.6) is 0 Å². The van der Waals surface area contributed by atoms with Crippen molar-refractivity contribution in [3.63, 3.8) is 0 Å². The Balaban J connectivity index is 1.93. The number of amides is 1. The van der Waals surface area contributed by atoms with Gasteiger partial charge >= 0.3 is 6.09 Å². The fourth-order valence-corrected chi connectivity index (χ4v) is 2.96. The molecule has 3 rings (SSSR count). The summed E-state index contributed by atoms with van der Waals surface area (Å²) in [6.07, 6.45) is 5.68. The van der Waals surface area contributed by atoms with Gasteiger partial charge in [0.1, 0.15) is 6.33 Å². The van der Waals surface area contributed by atoms with Crippen LogP contribution in [0.2, 0.25) is 0 Å². The Morgan fingerprint density at radius 2 is 2.26 bits per heavy atom. The van der Waals surface area contributed by atoms with Crippen molar-refractivity contribution in [1.29, 1.82) is 0 Å². The van der Waals surface area contributed by atoms with E-state index in [1.54, 1.807) is 6.33 Å². The van der Waals surface area contributed by atoms with Gasteiger partial charge in [0.25, 0.3) is 0 Å². The summed E-state index contributed by atoms with van der Waals surface area (Å²) in [4.78, 5) is 21.1. The van der Waals surface area contributed by atoms with Crippen LogP contribution < -0.4 is 0 Å². The summed E-state index contributed by atoms with van der Waals surface area (Å²) in [5.41, 5.74) is 4.65. The number of carboxylic acid groups (broad SMARTS) is 1. The highest BCUT2D eigenvalue weighted by Gasteiger charge is 2.27. The molecular formula is C14H17N3O2. The van der Waals surface area contributed by atoms with Gasteiger partial charge in [-0.15, -0.1) is 0 Å². The van der Waals surface area contributed by atoms with Crippen LogP contribution >= 0.6 is 0 Å². The summed E-state index contributed by atoms with van der Waals surface area (Å²) in [7, 11) is 0. The maximum atomic E-state index is 10.9. The maximum absolute atomic E-state index is 10.9. The van der Waals surface area contributed by atoms with E-state index >= 15 is 0 Å². The van der Waals surface area contributed by atoms with Crippen molar-refractivity contribution in [2.24, 2.45) is 0 Å². The zero-order valence-corrected chi connectivity index (χ0v) is 11.0. The molecule has 0 bridgehead atoms. The molecule has 0 unspecified atom stereocenters. The summed E-state index contributed by atoms with van der Waals surface area (Å²) in [6.45, 7) is 3.22. The highest BCUT2D eigenvalue weighted by molar-refractivity contribution is 5.71. The van der Waals surface area contributed by atoms with Crippen LogP contribution in [0.15, 0.2) is 12.4 Å². The highest BCUT2D eigenvalue weighted by Crippen LogP contribution is 2.36. The molecule has 2 heterocycles. The fourth-order valence-electron chi connectivity index (χ4n) is 2.96. The van der Waals surface area contributed by atoms with Crippen molar-refractivity contribution in [2.45, 2.75) is 32.1 Å². The number of hydrogen-bond acceptors (Lipinski definition) is 3. The Labute approximate surface area is 112 Å². The van der Waals surface area contributed by atoms with Crippen molar-refractivity contribution in [2.75, 3.05) is 13.1 Å². The third-order valence-electron chi connectivity index (χ3n) is 4.06. The molecule has 1 amide bonds. The van der Waals surface area contributed by atoms with Gasteiger partial charge in [0.05, 0.1) is 5.69 Å². The smallest absolute Gasteiger partial charge is 0.407 e. The van der Waals surface area contributed by atoms with E-state index in [0.717, 1.165) is 25.0 Å². The van der Waals surface area contributed by atoms with Gasteiger partial charge in [0, 0.05) is 24.3 Å². The molecule has 2 aliphatic rings. The number of aromatic nitrogens is 2. The second kappa shape index (κ2) is 4.64. The molecule has 1 N–H and O–H groups in total. The highest BCUT2D eigenvalue weighted by atomic mass is 16.4. The molecule has 1 aromatic heterocycles. The topological polar surface area (TPSA) is 66.3 Å². The molecule has 0 fully saturated rings. The minimum Gasteiger partial charge on any atom is -0.465 e. The van der Waals surface area contributed by atoms with Crippen molar-refractivity contribution in [3.8, 4) is 0 Å². The third-order valence-corrected chi connectivity index (χ3v) is 4.06. The number of nitrogens with zero attached hydrogens (tertiary/aromatic N) is 3. The zero-order chi connectivity index (χ0) is 13.4. The van der Waals surface area contributed by atoms with Gasteiger partial charge < -0.3 is 10.0 Å². The Morgan fingerprint density at radius 1 is 1.42 bits per heavy atom. The molecule has 5 nitrogen and oxygen atoms in total. The second-order valence-electron chi connectivity index (χ2n) is 5.23. The zero-order valence-electron chi connectivity index (χ0n) is 11.0. The van der Waals surface area contributed by atoms with Crippen LogP contribution in [-0.4, -0.2) is 39.2 Å². The largest absolute Gasteiger partial charge is 0.465 e. The first-order valence-corrected chi connectivity index (χ1v) is 6.68. The molecular weight excluding hydrogens is 242 g/mol. The van der Waals surface area contributed by atoms with Gasteiger partial charge in [-0.25, -0.2) is 14.8 Å². The molecule has 0 spiro atoms. The van der Waals surface area contributed by atoms with Crippen LogP contribution in [0.4, 0.5) is 4.79 Å². The van der Waals surface area contributed by atoms with Crippen molar-refractivity contribution in [1.82, 2.24) is 14.9 Å². The van der Waals surface area contributed by atoms with Crippen molar-refractivity contribution >= 4 is 11.7 Å². The SMILES string of the molecule is C[C@@H]1CCc2ncnc(C3=CCN(C(=O)O)CC3)c21. The molecule has 0 saturated heterocycles. The molecule has 1 atom stereocenters. The number of carbonyl (C=O) groups is 1. The molecule has 0 saturated carbocycles. The third kappa shape index (κ3) is 2.09. The van der Waals surface area contributed by atoms with Gasteiger partial charge in [-0.05, 0) is 30.8 Å². The van der Waals surface area contributed by atoms with Gasteiger partial charge in [-0.1, -0.05) is 13.0 Å². The van der Waals surface area contributed by atoms with Crippen molar-refractivity contribution < 1.29 is 9.90 Å². The summed E-state index contributed by atoms with van der Waals surface area (Å²) >= 11 is 0. The van der Waals surface area contributed by atoms with Crippen LogP contribution in [0.1, 0.15) is 42.6 Å². The summed E-state index contributed by atoms with van der Waals surface area (Å²) in [5, 5.41) is 8.96. The van der Waals surface area contributed by atoms with Crippen LogP contribution in [0.25, 0.3) is 5.57 Å². The monoisotopic (exact) mass is 259 g/mol. The van der Waals surface area contributed by atoms with E-state index in [1.807, 2.05) is 6.08 Å². The molecule has 1 aliphatic carbocycles. The molecule has 100 valence electrons. The quantitative estimate of drug-likeness (QED) is 0.840. The summed E-state index contributed by atoms with van der Waals surface area (Å²) < 4.78 is 0. The lowest BCUT2D eigenvalue weighted by Gasteiger charge is -2.24. The molecule has 1 aromatic rings. The van der Waals surface area contributed by atoms with E-state index in [1.165, 1.54) is 21.7 Å². The van der Waals surface area contributed by atoms with E-state index in [4.69, 9.17) is 5.11 Å². The molecule has 1 aliphatic heterocycles. The van der Waals surface area contributed by atoms with Gasteiger partial charge in [0.2, 0.25) is 0 Å². The lowest BCUT2D eigenvalue weighted by Crippen LogP contribution is -2.33.